The zero-order chi connectivity index (χ0) is 27.9. The minimum Gasteiger partial charge on any atom is -0.392 e. The molecule has 4 amide bonds. The van der Waals surface area contributed by atoms with Crippen LogP contribution in [0.2, 0.25) is 0 Å². The highest BCUT2D eigenvalue weighted by Crippen LogP contribution is 2.54. The number of amides is 4. The molecular formula is C25H26N4O6S4. The van der Waals surface area contributed by atoms with E-state index in [1.165, 1.54) is 11.9 Å². The summed E-state index contributed by atoms with van der Waals surface area (Å²) in [6.07, 6.45) is 0.133. The minimum absolute atomic E-state index is 0.0554. The Labute approximate surface area is 240 Å². The van der Waals surface area contributed by atoms with Crippen LogP contribution in [-0.2, 0) is 32.0 Å². The van der Waals surface area contributed by atoms with Crippen LogP contribution in [0.25, 0.3) is 0 Å². The van der Waals surface area contributed by atoms with E-state index in [1.54, 1.807) is 24.3 Å². The summed E-state index contributed by atoms with van der Waals surface area (Å²) in [5, 5.41) is 29.2. The zero-order valence-electron chi connectivity index (χ0n) is 20.7. The van der Waals surface area contributed by atoms with Crippen LogP contribution >= 0.6 is 43.2 Å². The van der Waals surface area contributed by atoms with Gasteiger partial charge in [0.25, 0.3) is 23.6 Å². The van der Waals surface area contributed by atoms with Crippen molar-refractivity contribution in [2.45, 2.75) is 32.3 Å². The van der Waals surface area contributed by atoms with Gasteiger partial charge in [0.2, 0.25) is 0 Å². The zero-order valence-corrected chi connectivity index (χ0v) is 24.0. The summed E-state index contributed by atoms with van der Waals surface area (Å²) in [4.78, 5) is 49.8. The van der Waals surface area contributed by atoms with Crippen LogP contribution < -0.4 is 16.0 Å². The SMILES string of the molecule is CN1C(=O)C2(CO)NC(=O)C1(Cc1ccccc1)SSC1(CO)NC(=O)C(Cc3ccccc3)(NC1=O)SS2. The highest BCUT2D eigenvalue weighted by Gasteiger charge is 2.64. The third-order valence-electron chi connectivity index (χ3n) is 6.90. The minimum atomic E-state index is -1.81. The van der Waals surface area contributed by atoms with Gasteiger partial charge < -0.3 is 31.1 Å². The van der Waals surface area contributed by atoms with E-state index in [4.69, 9.17) is 0 Å². The van der Waals surface area contributed by atoms with E-state index in [0.717, 1.165) is 54.3 Å². The summed E-state index contributed by atoms with van der Waals surface area (Å²) in [6, 6.07) is 18.1. The molecule has 0 radical (unpaired) electrons. The average molecular weight is 607 g/mol. The molecule has 2 aromatic rings. The highest BCUT2D eigenvalue weighted by molar-refractivity contribution is 8.78. The Hall–Kier alpha value is -2.36. The fourth-order valence-corrected chi connectivity index (χ4v) is 10.8. The molecule has 0 saturated carbocycles. The van der Waals surface area contributed by atoms with Crippen LogP contribution in [0.5, 0.6) is 0 Å². The molecule has 0 aromatic heterocycles. The molecule has 4 atom stereocenters. The number of aliphatic hydroxyl groups is 2. The number of likely N-dealkylation sites (N-methyl/N-ethyl adjacent to an activating group) is 1. The monoisotopic (exact) mass is 606 g/mol. The second kappa shape index (κ2) is 10.6. The molecule has 5 N–H and O–H groups in total. The van der Waals surface area contributed by atoms with Gasteiger partial charge in [-0.05, 0) is 11.1 Å². The smallest absolute Gasteiger partial charge is 0.263 e. The Bertz CT molecular complexity index is 1310. The van der Waals surface area contributed by atoms with Gasteiger partial charge in [0.1, 0.15) is 0 Å². The van der Waals surface area contributed by atoms with E-state index < -0.39 is 56.3 Å². The number of hydrogen-bond acceptors (Lipinski definition) is 10. The molecule has 6 aliphatic rings. The normalized spacial score (nSPS) is 32.6. The second-order valence-electron chi connectivity index (χ2n) is 9.47. The van der Waals surface area contributed by atoms with Gasteiger partial charge in [0, 0.05) is 19.9 Å². The van der Waals surface area contributed by atoms with Gasteiger partial charge in [-0.3, -0.25) is 19.2 Å². The maximum Gasteiger partial charge on any atom is 0.263 e. The van der Waals surface area contributed by atoms with Crippen molar-refractivity contribution in [3.63, 3.8) is 0 Å². The molecule has 0 spiro atoms. The Morgan fingerprint density at radius 2 is 1.10 bits per heavy atom. The van der Waals surface area contributed by atoms with Gasteiger partial charge >= 0.3 is 0 Å². The molecule has 6 heterocycles. The topological polar surface area (TPSA) is 148 Å². The van der Waals surface area contributed by atoms with Crippen molar-refractivity contribution < 1.29 is 29.4 Å². The largest absolute Gasteiger partial charge is 0.392 e. The first kappa shape index (κ1) is 28.2. The van der Waals surface area contributed by atoms with E-state index in [1.807, 2.05) is 36.4 Å². The number of rotatable bonds is 6. The maximum absolute atomic E-state index is 13.9. The summed E-state index contributed by atoms with van der Waals surface area (Å²) < 4.78 is 0. The van der Waals surface area contributed by atoms with Gasteiger partial charge in [-0.1, -0.05) is 104 Å². The van der Waals surface area contributed by atoms with Gasteiger partial charge in [-0.25, -0.2) is 0 Å². The Morgan fingerprint density at radius 1 is 0.641 bits per heavy atom. The summed E-state index contributed by atoms with van der Waals surface area (Å²) in [6.45, 7) is -1.49. The second-order valence-corrected chi connectivity index (χ2v) is 14.9. The molecule has 14 heteroatoms. The van der Waals surface area contributed by atoms with Crippen LogP contribution in [0.3, 0.4) is 0 Å². The number of hydrogen-bond donors (Lipinski definition) is 5. The van der Waals surface area contributed by atoms with Crippen LogP contribution in [0, 0.1) is 0 Å². The van der Waals surface area contributed by atoms with E-state index in [0.29, 0.717) is 0 Å². The quantitative estimate of drug-likeness (QED) is 0.300. The number of carbonyl (C=O) groups excluding carboxylic acids is 4. The molecule has 206 valence electrons. The maximum atomic E-state index is 13.9. The molecule has 6 saturated heterocycles. The fourth-order valence-electron chi connectivity index (χ4n) is 4.56. The molecule has 39 heavy (non-hydrogen) atoms. The summed E-state index contributed by atoms with van der Waals surface area (Å²) in [7, 11) is 4.92. The Morgan fingerprint density at radius 3 is 1.69 bits per heavy atom. The summed E-state index contributed by atoms with van der Waals surface area (Å²) in [5.41, 5.74) is 1.49. The van der Waals surface area contributed by atoms with Gasteiger partial charge in [0.05, 0.1) is 13.2 Å². The number of nitrogens with zero attached hydrogens (tertiary/aromatic N) is 1. The first-order valence-electron chi connectivity index (χ1n) is 11.9. The van der Waals surface area contributed by atoms with Crippen molar-refractivity contribution in [2.75, 3.05) is 20.3 Å². The lowest BCUT2D eigenvalue weighted by molar-refractivity contribution is -0.152. The molecule has 6 fully saturated rings. The molecular weight excluding hydrogens is 581 g/mol. The number of aliphatic hydroxyl groups excluding tert-OH is 2. The van der Waals surface area contributed by atoms with E-state index >= 15 is 0 Å². The van der Waals surface area contributed by atoms with Gasteiger partial charge in [0.15, 0.2) is 19.5 Å². The van der Waals surface area contributed by atoms with Crippen LogP contribution in [0.4, 0.5) is 0 Å². The van der Waals surface area contributed by atoms with Crippen molar-refractivity contribution in [3.05, 3.63) is 71.8 Å². The number of piperazine rings is 2. The standard InChI is InChI=1S/C25H26N4O6S4/c1-29-21(35)24(15-31)28-20(34)25(29,13-17-10-6-3-7-11-17)39-37-23(14-30)19(33)26-22(36-38-24,18(32)27-23)12-16-8-4-2-5-9-16/h2-11,30-31H,12-15H2,1H3,(H,26,33)(H,27,32)(H,28,34). The molecule has 8 rings (SSSR count). The molecule has 6 aliphatic heterocycles. The average Bonchev–Trinajstić information content (AvgIpc) is 2.95. The first-order valence-corrected chi connectivity index (χ1v) is 16.2. The number of nitrogens with one attached hydrogen (secondary N) is 3. The number of benzene rings is 2. The fraction of sp³-hybridized carbons (Fsp3) is 0.360. The van der Waals surface area contributed by atoms with Gasteiger partial charge in [-0.2, -0.15) is 0 Å². The molecule has 4 unspecified atom stereocenters. The molecule has 10 nitrogen and oxygen atoms in total. The summed E-state index contributed by atoms with van der Waals surface area (Å²) >= 11 is 0. The molecule has 0 aliphatic carbocycles. The first-order chi connectivity index (χ1) is 18.6. The van der Waals surface area contributed by atoms with Crippen LogP contribution in [-0.4, -0.2) is 78.5 Å². The lowest BCUT2D eigenvalue weighted by Crippen LogP contribution is -2.77. The van der Waals surface area contributed by atoms with E-state index in [2.05, 4.69) is 16.0 Å². The van der Waals surface area contributed by atoms with Crippen LogP contribution in [0.15, 0.2) is 60.7 Å². The van der Waals surface area contributed by atoms with Crippen molar-refractivity contribution >= 4 is 66.8 Å². The Kier molecular flexibility index (Phi) is 7.63. The summed E-state index contributed by atoms with van der Waals surface area (Å²) in [5.74, 6) is -2.30. The van der Waals surface area contributed by atoms with Crippen LogP contribution in [0.1, 0.15) is 11.1 Å². The predicted molar refractivity (Wildman–Crippen MR) is 153 cm³/mol. The number of carbonyl (C=O) groups is 4. The van der Waals surface area contributed by atoms with E-state index in [-0.39, 0.29) is 12.8 Å². The predicted octanol–water partition coefficient (Wildman–Crippen LogP) is 0.852. The van der Waals surface area contributed by atoms with E-state index in [9.17, 15) is 29.4 Å². The molecule has 2 aromatic carbocycles. The lowest BCUT2D eigenvalue weighted by Gasteiger charge is -2.52. The lowest BCUT2D eigenvalue weighted by atomic mass is 9.99. The van der Waals surface area contributed by atoms with Gasteiger partial charge in [-0.15, -0.1) is 0 Å². The van der Waals surface area contributed by atoms with Crippen molar-refractivity contribution in [2.24, 2.45) is 0 Å². The third kappa shape index (κ3) is 4.70. The van der Waals surface area contributed by atoms with Crippen molar-refractivity contribution in [1.82, 2.24) is 20.9 Å². The third-order valence-corrected chi connectivity index (χ3v) is 13.9. The molecule has 4 bridgehead atoms. The highest BCUT2D eigenvalue weighted by atomic mass is 33.1. The Balaban J connectivity index is 1.62. The van der Waals surface area contributed by atoms with Crippen molar-refractivity contribution in [3.8, 4) is 0 Å². The van der Waals surface area contributed by atoms with Crippen molar-refractivity contribution in [1.29, 1.82) is 0 Å².